The summed E-state index contributed by atoms with van der Waals surface area (Å²) in [4.78, 5) is 13.7. The van der Waals surface area contributed by atoms with Gasteiger partial charge in [-0.05, 0) is 68.5 Å². The maximum absolute atomic E-state index is 15.0. The van der Waals surface area contributed by atoms with E-state index in [4.69, 9.17) is 4.74 Å². The van der Waals surface area contributed by atoms with Gasteiger partial charge in [-0.3, -0.25) is 0 Å². The summed E-state index contributed by atoms with van der Waals surface area (Å²) in [5.41, 5.74) is 1.14. The van der Waals surface area contributed by atoms with E-state index in [1.54, 1.807) is 12.1 Å². The first-order valence-electron chi connectivity index (χ1n) is 11.5. The largest absolute Gasteiger partial charge is 0.493 e. The van der Waals surface area contributed by atoms with Crippen LogP contribution in [0.2, 0.25) is 0 Å². The van der Waals surface area contributed by atoms with Gasteiger partial charge < -0.3 is 14.7 Å². The number of aromatic carboxylic acids is 1. The molecule has 4 rings (SSSR count). The Kier molecular flexibility index (Phi) is 6.91. The minimum absolute atomic E-state index is 0.227. The number of rotatable bonds is 7. The number of carbonyl (C=O) groups is 1. The number of hydrogen-bond acceptors (Lipinski definition) is 3. The molecule has 5 heteroatoms. The topological polar surface area (TPSA) is 49.8 Å². The van der Waals surface area contributed by atoms with Gasteiger partial charge in [0.25, 0.3) is 0 Å². The molecule has 0 spiro atoms. The molecule has 2 aliphatic rings. The van der Waals surface area contributed by atoms with Crippen molar-refractivity contribution in [3.63, 3.8) is 0 Å². The summed E-state index contributed by atoms with van der Waals surface area (Å²) in [6.07, 6.45) is 6.57. The second-order valence-electron chi connectivity index (χ2n) is 9.12. The number of halogens is 1. The first-order valence-corrected chi connectivity index (χ1v) is 11.5. The third-order valence-corrected chi connectivity index (χ3v) is 6.75. The molecule has 1 heterocycles. The van der Waals surface area contributed by atoms with Crippen LogP contribution in [-0.2, 0) is 0 Å². The van der Waals surface area contributed by atoms with Crippen molar-refractivity contribution in [1.29, 1.82) is 0 Å². The van der Waals surface area contributed by atoms with Crippen molar-refractivity contribution in [3.8, 4) is 16.9 Å². The van der Waals surface area contributed by atoms with Gasteiger partial charge >= 0.3 is 5.97 Å². The highest BCUT2D eigenvalue weighted by molar-refractivity contribution is 5.89. The van der Waals surface area contributed by atoms with Crippen molar-refractivity contribution in [2.24, 2.45) is 5.92 Å². The second-order valence-corrected chi connectivity index (χ2v) is 9.12. The molecule has 1 saturated heterocycles. The monoisotopic (exact) mass is 425 g/mol. The molecule has 2 aromatic carbocycles. The first kappa shape index (κ1) is 21.8. The van der Waals surface area contributed by atoms with Crippen LogP contribution in [0.5, 0.6) is 5.75 Å². The molecule has 2 fully saturated rings. The first-order chi connectivity index (χ1) is 15.0. The summed E-state index contributed by atoms with van der Waals surface area (Å²) in [6.45, 7) is 2.93. The molecule has 0 unspecified atom stereocenters. The number of carboxylic acids is 1. The summed E-state index contributed by atoms with van der Waals surface area (Å²) in [6, 6.07) is 14.9. The van der Waals surface area contributed by atoms with Crippen LogP contribution in [0.15, 0.2) is 48.5 Å². The van der Waals surface area contributed by atoms with E-state index in [0.29, 0.717) is 37.7 Å². The predicted octanol–water partition coefficient (Wildman–Crippen LogP) is 5.82. The van der Waals surface area contributed by atoms with Crippen molar-refractivity contribution in [3.05, 3.63) is 54.1 Å². The fourth-order valence-electron chi connectivity index (χ4n) is 4.89. The lowest BCUT2D eigenvalue weighted by Crippen LogP contribution is -2.45. The predicted molar refractivity (Wildman–Crippen MR) is 120 cm³/mol. The lowest BCUT2D eigenvalue weighted by atomic mass is 9.85. The van der Waals surface area contributed by atoms with E-state index < -0.39 is 11.6 Å². The van der Waals surface area contributed by atoms with Crippen molar-refractivity contribution < 1.29 is 19.0 Å². The second kappa shape index (κ2) is 9.82. The molecule has 0 aromatic heterocycles. The van der Waals surface area contributed by atoms with Gasteiger partial charge in [-0.1, -0.05) is 49.6 Å². The van der Waals surface area contributed by atoms with Crippen molar-refractivity contribution in [2.45, 2.75) is 50.6 Å². The van der Waals surface area contributed by atoms with E-state index >= 15 is 4.39 Å². The molecule has 166 valence electrons. The SMILES string of the molecule is O=C(O)c1ccc(-c2ccccc2)c(OCC2CCN(CC3(F)CCCCC3)CC2)c1. The van der Waals surface area contributed by atoms with Crippen LogP contribution in [0.1, 0.15) is 55.3 Å². The Hall–Kier alpha value is -2.40. The van der Waals surface area contributed by atoms with Crippen molar-refractivity contribution in [1.82, 2.24) is 4.90 Å². The van der Waals surface area contributed by atoms with E-state index in [0.717, 1.165) is 49.9 Å². The Bertz CT molecular complexity index is 871. The third kappa shape index (κ3) is 5.65. The molecule has 2 aromatic rings. The third-order valence-electron chi connectivity index (χ3n) is 6.75. The number of carboxylic acid groups (broad SMARTS) is 1. The molecule has 4 nitrogen and oxygen atoms in total. The zero-order valence-corrected chi connectivity index (χ0v) is 18.1. The van der Waals surface area contributed by atoms with Crippen LogP contribution < -0.4 is 4.74 Å². The Labute approximate surface area is 184 Å². The molecule has 31 heavy (non-hydrogen) atoms. The van der Waals surface area contributed by atoms with E-state index in [2.05, 4.69) is 4.90 Å². The van der Waals surface area contributed by atoms with Crippen LogP contribution in [-0.4, -0.2) is 47.9 Å². The maximum Gasteiger partial charge on any atom is 0.335 e. The quantitative estimate of drug-likeness (QED) is 0.608. The highest BCUT2D eigenvalue weighted by atomic mass is 19.1. The standard InChI is InChI=1S/C26H32FNO3/c27-26(13-5-2-6-14-26)19-28-15-11-20(12-16-28)18-31-24-17-22(25(29)30)9-10-23(24)21-7-3-1-4-8-21/h1,3-4,7-10,17,20H,2,5-6,11-16,18-19H2,(H,29,30). The van der Waals surface area contributed by atoms with Gasteiger partial charge in [0.1, 0.15) is 11.4 Å². The smallest absolute Gasteiger partial charge is 0.335 e. The number of ether oxygens (including phenoxy) is 1. The maximum atomic E-state index is 15.0. The zero-order chi connectivity index (χ0) is 21.7. The lowest BCUT2D eigenvalue weighted by molar-refractivity contribution is 0.0363. The number of piperidine rings is 1. The lowest BCUT2D eigenvalue weighted by Gasteiger charge is -2.38. The van der Waals surface area contributed by atoms with Gasteiger partial charge in [0, 0.05) is 12.1 Å². The molecule has 1 N–H and O–H groups in total. The van der Waals surface area contributed by atoms with Gasteiger partial charge in [0.15, 0.2) is 0 Å². The van der Waals surface area contributed by atoms with Crippen molar-refractivity contribution >= 4 is 5.97 Å². The summed E-state index contributed by atoms with van der Waals surface area (Å²) < 4.78 is 21.2. The van der Waals surface area contributed by atoms with Crippen molar-refractivity contribution in [2.75, 3.05) is 26.2 Å². The summed E-state index contributed by atoms with van der Waals surface area (Å²) >= 11 is 0. The molecule has 0 atom stereocenters. The average molecular weight is 426 g/mol. The van der Waals surface area contributed by atoms with Crippen LogP contribution >= 0.6 is 0 Å². The Morgan fingerprint density at radius 3 is 2.45 bits per heavy atom. The number of benzene rings is 2. The molecule has 1 saturated carbocycles. The molecule has 0 amide bonds. The highest BCUT2D eigenvalue weighted by Crippen LogP contribution is 2.34. The fourth-order valence-corrected chi connectivity index (χ4v) is 4.89. The van der Waals surface area contributed by atoms with Gasteiger partial charge in [-0.2, -0.15) is 0 Å². The summed E-state index contributed by atoms with van der Waals surface area (Å²) in [5.74, 6) is 0.0503. The van der Waals surface area contributed by atoms with Gasteiger partial charge in [0.05, 0.1) is 12.2 Å². The fraction of sp³-hybridized carbons (Fsp3) is 0.500. The number of likely N-dealkylation sites (tertiary alicyclic amines) is 1. The van der Waals surface area contributed by atoms with Gasteiger partial charge in [0.2, 0.25) is 0 Å². The van der Waals surface area contributed by atoms with Crippen LogP contribution in [0, 0.1) is 5.92 Å². The summed E-state index contributed by atoms with van der Waals surface area (Å²) in [7, 11) is 0. The van der Waals surface area contributed by atoms with Gasteiger partial charge in [-0.15, -0.1) is 0 Å². The van der Waals surface area contributed by atoms with E-state index in [1.165, 1.54) is 6.42 Å². The number of nitrogens with zero attached hydrogens (tertiary/aromatic N) is 1. The minimum atomic E-state index is -0.997. The van der Waals surface area contributed by atoms with Gasteiger partial charge in [-0.25, -0.2) is 9.18 Å². The molecule has 0 radical (unpaired) electrons. The zero-order valence-electron chi connectivity index (χ0n) is 18.1. The normalized spacial score (nSPS) is 19.8. The molecular formula is C26H32FNO3. The van der Waals surface area contributed by atoms with Crippen LogP contribution in [0.25, 0.3) is 11.1 Å². The molecular weight excluding hydrogens is 393 g/mol. The molecule has 1 aliphatic heterocycles. The Morgan fingerprint density at radius 1 is 1.06 bits per heavy atom. The van der Waals surface area contributed by atoms with E-state index in [1.807, 2.05) is 36.4 Å². The molecule has 1 aliphatic carbocycles. The molecule has 0 bridgehead atoms. The summed E-state index contributed by atoms with van der Waals surface area (Å²) in [5, 5.41) is 9.38. The number of alkyl halides is 1. The Balaban J connectivity index is 1.36. The minimum Gasteiger partial charge on any atom is -0.493 e. The van der Waals surface area contributed by atoms with E-state index in [9.17, 15) is 9.90 Å². The van der Waals surface area contributed by atoms with Crippen LogP contribution in [0.3, 0.4) is 0 Å². The van der Waals surface area contributed by atoms with Crippen LogP contribution in [0.4, 0.5) is 4.39 Å². The highest BCUT2D eigenvalue weighted by Gasteiger charge is 2.34. The number of hydrogen-bond donors (Lipinski definition) is 1. The van der Waals surface area contributed by atoms with E-state index in [-0.39, 0.29) is 5.56 Å². The Morgan fingerprint density at radius 2 is 1.77 bits per heavy atom. The average Bonchev–Trinajstić information content (AvgIpc) is 2.79.